The Morgan fingerprint density at radius 2 is 1.92 bits per heavy atom. The van der Waals surface area contributed by atoms with E-state index in [1.165, 1.54) is 12.8 Å². The summed E-state index contributed by atoms with van der Waals surface area (Å²) in [7, 11) is 0. The number of ether oxygens (including phenoxy) is 1. The van der Waals surface area contributed by atoms with Gasteiger partial charge in [-0.1, -0.05) is 43.2 Å². The molecule has 134 valence electrons. The molecule has 1 aromatic heterocycles. The van der Waals surface area contributed by atoms with Gasteiger partial charge in [0.1, 0.15) is 23.7 Å². The summed E-state index contributed by atoms with van der Waals surface area (Å²) in [5.74, 6) is 1.33. The first kappa shape index (κ1) is 16.7. The quantitative estimate of drug-likeness (QED) is 0.706. The molecule has 0 spiro atoms. The van der Waals surface area contributed by atoms with Gasteiger partial charge in [-0.2, -0.15) is 0 Å². The zero-order valence-corrected chi connectivity index (χ0v) is 15.0. The lowest BCUT2D eigenvalue weighted by Gasteiger charge is -2.11. The highest BCUT2D eigenvalue weighted by molar-refractivity contribution is 6.07. The second kappa shape index (κ2) is 7.24. The summed E-state index contributed by atoms with van der Waals surface area (Å²) < 4.78 is 11.7. The molecule has 4 heteroatoms. The van der Waals surface area contributed by atoms with Crippen LogP contribution in [-0.2, 0) is 6.61 Å². The molecule has 0 aliphatic heterocycles. The van der Waals surface area contributed by atoms with Crippen molar-refractivity contribution in [2.45, 2.75) is 45.3 Å². The van der Waals surface area contributed by atoms with Crippen molar-refractivity contribution in [1.29, 1.82) is 0 Å². The van der Waals surface area contributed by atoms with Gasteiger partial charge in [-0.15, -0.1) is 0 Å². The molecule has 1 saturated carbocycles. The van der Waals surface area contributed by atoms with Gasteiger partial charge in [-0.05, 0) is 43.5 Å². The molecule has 0 radical (unpaired) electrons. The van der Waals surface area contributed by atoms with E-state index in [-0.39, 0.29) is 11.9 Å². The Balaban J connectivity index is 1.57. The van der Waals surface area contributed by atoms with Crippen molar-refractivity contribution >= 4 is 16.9 Å². The summed E-state index contributed by atoms with van der Waals surface area (Å²) >= 11 is 0. The summed E-state index contributed by atoms with van der Waals surface area (Å²) in [6.45, 7) is 2.33. The van der Waals surface area contributed by atoms with Crippen LogP contribution in [0.3, 0.4) is 0 Å². The molecular weight excluding hydrogens is 326 g/mol. The Morgan fingerprint density at radius 3 is 2.69 bits per heavy atom. The van der Waals surface area contributed by atoms with Crippen LogP contribution in [0, 0.1) is 6.92 Å². The van der Waals surface area contributed by atoms with Crippen molar-refractivity contribution in [2.24, 2.45) is 0 Å². The van der Waals surface area contributed by atoms with Crippen molar-refractivity contribution in [3.8, 4) is 5.75 Å². The van der Waals surface area contributed by atoms with E-state index in [9.17, 15) is 4.79 Å². The number of carbonyl (C=O) groups excluding carboxylic acids is 1. The molecule has 0 unspecified atom stereocenters. The first-order valence-electron chi connectivity index (χ1n) is 9.21. The minimum atomic E-state index is -0.0478. The summed E-state index contributed by atoms with van der Waals surface area (Å²) in [6.07, 6.45) is 4.50. The Labute approximate surface area is 153 Å². The fourth-order valence-corrected chi connectivity index (χ4v) is 3.64. The highest BCUT2D eigenvalue weighted by Gasteiger charge is 2.23. The summed E-state index contributed by atoms with van der Waals surface area (Å²) in [5, 5.41) is 3.96. The first-order valence-corrected chi connectivity index (χ1v) is 9.21. The van der Waals surface area contributed by atoms with Crippen LogP contribution >= 0.6 is 0 Å². The van der Waals surface area contributed by atoms with Crippen molar-refractivity contribution in [3.63, 3.8) is 0 Å². The molecule has 1 fully saturated rings. The minimum Gasteiger partial charge on any atom is -0.489 e. The van der Waals surface area contributed by atoms with E-state index < -0.39 is 0 Å². The van der Waals surface area contributed by atoms with E-state index in [2.05, 4.69) is 5.32 Å². The number of rotatable bonds is 5. The molecule has 0 atom stereocenters. The third kappa shape index (κ3) is 3.45. The molecule has 1 aliphatic rings. The monoisotopic (exact) mass is 349 g/mol. The molecule has 1 heterocycles. The van der Waals surface area contributed by atoms with Crippen LogP contribution in [-0.4, -0.2) is 11.9 Å². The average molecular weight is 349 g/mol. The van der Waals surface area contributed by atoms with Gasteiger partial charge in [-0.25, -0.2) is 0 Å². The van der Waals surface area contributed by atoms with E-state index in [0.717, 1.165) is 29.5 Å². The van der Waals surface area contributed by atoms with Crippen LogP contribution in [0.4, 0.5) is 0 Å². The van der Waals surface area contributed by atoms with Gasteiger partial charge >= 0.3 is 0 Å². The van der Waals surface area contributed by atoms with E-state index in [1.807, 2.05) is 55.5 Å². The van der Waals surface area contributed by atoms with E-state index in [1.54, 1.807) is 0 Å². The standard InChI is InChI=1S/C22H23NO3/c1-15-21(22(24)23-17-9-5-6-10-17)19-13-18(11-12-20(19)26-15)25-14-16-7-3-2-4-8-16/h2-4,7-8,11-13,17H,5-6,9-10,14H2,1H3,(H,23,24). The Bertz CT molecular complexity index is 908. The smallest absolute Gasteiger partial charge is 0.255 e. The maximum atomic E-state index is 12.8. The lowest BCUT2D eigenvalue weighted by Crippen LogP contribution is -2.32. The Morgan fingerprint density at radius 1 is 1.15 bits per heavy atom. The second-order valence-electron chi connectivity index (χ2n) is 6.92. The van der Waals surface area contributed by atoms with Crippen LogP contribution in [0.5, 0.6) is 5.75 Å². The van der Waals surface area contributed by atoms with E-state index in [4.69, 9.17) is 9.15 Å². The molecule has 2 aromatic carbocycles. The number of furan rings is 1. The van der Waals surface area contributed by atoms with E-state index >= 15 is 0 Å². The van der Waals surface area contributed by atoms with Crippen LogP contribution in [0.25, 0.3) is 11.0 Å². The van der Waals surface area contributed by atoms with Gasteiger partial charge in [0.15, 0.2) is 0 Å². The van der Waals surface area contributed by atoms with Gasteiger partial charge in [0.2, 0.25) is 0 Å². The third-order valence-corrected chi connectivity index (χ3v) is 5.00. The van der Waals surface area contributed by atoms with Gasteiger partial charge in [0.05, 0.1) is 5.56 Å². The Kier molecular flexibility index (Phi) is 4.65. The number of hydrogen-bond acceptors (Lipinski definition) is 3. The average Bonchev–Trinajstić information content (AvgIpc) is 3.27. The predicted molar refractivity (Wildman–Crippen MR) is 101 cm³/mol. The number of fused-ring (bicyclic) bond motifs is 1. The molecule has 4 rings (SSSR count). The summed E-state index contributed by atoms with van der Waals surface area (Å²) in [6, 6.07) is 16.0. The molecule has 3 aromatic rings. The molecule has 1 N–H and O–H groups in total. The maximum Gasteiger partial charge on any atom is 0.255 e. The zero-order chi connectivity index (χ0) is 17.9. The molecular formula is C22H23NO3. The number of aryl methyl sites for hydroxylation is 1. The van der Waals surface area contributed by atoms with Gasteiger partial charge in [0, 0.05) is 11.4 Å². The fraction of sp³-hybridized carbons (Fsp3) is 0.318. The number of amides is 1. The van der Waals surface area contributed by atoms with Crippen molar-refractivity contribution in [3.05, 3.63) is 65.4 Å². The molecule has 1 amide bonds. The molecule has 1 aliphatic carbocycles. The van der Waals surface area contributed by atoms with Crippen molar-refractivity contribution in [1.82, 2.24) is 5.32 Å². The third-order valence-electron chi connectivity index (χ3n) is 5.00. The van der Waals surface area contributed by atoms with Crippen molar-refractivity contribution < 1.29 is 13.9 Å². The highest BCUT2D eigenvalue weighted by atomic mass is 16.5. The lowest BCUT2D eigenvalue weighted by molar-refractivity contribution is 0.0938. The lowest BCUT2D eigenvalue weighted by atomic mass is 10.1. The summed E-state index contributed by atoms with van der Waals surface area (Å²) in [5.41, 5.74) is 2.44. The first-order chi connectivity index (χ1) is 12.7. The molecule has 0 saturated heterocycles. The maximum absolute atomic E-state index is 12.8. The minimum absolute atomic E-state index is 0.0478. The Hall–Kier alpha value is -2.75. The van der Waals surface area contributed by atoms with Crippen molar-refractivity contribution in [2.75, 3.05) is 0 Å². The van der Waals surface area contributed by atoms with Gasteiger partial charge < -0.3 is 14.5 Å². The number of hydrogen-bond donors (Lipinski definition) is 1. The largest absolute Gasteiger partial charge is 0.489 e. The number of benzene rings is 2. The second-order valence-corrected chi connectivity index (χ2v) is 6.92. The number of nitrogens with one attached hydrogen (secondary N) is 1. The van der Waals surface area contributed by atoms with Crippen LogP contribution in [0.2, 0.25) is 0 Å². The fourth-order valence-electron chi connectivity index (χ4n) is 3.64. The number of carbonyl (C=O) groups is 1. The van der Waals surface area contributed by atoms with Gasteiger partial charge in [-0.3, -0.25) is 4.79 Å². The molecule has 0 bridgehead atoms. The predicted octanol–water partition coefficient (Wildman–Crippen LogP) is 4.99. The van der Waals surface area contributed by atoms with Crippen LogP contribution in [0.1, 0.15) is 47.4 Å². The molecule has 26 heavy (non-hydrogen) atoms. The zero-order valence-electron chi connectivity index (χ0n) is 15.0. The summed E-state index contributed by atoms with van der Waals surface area (Å²) in [4.78, 5) is 12.8. The van der Waals surface area contributed by atoms with Crippen LogP contribution < -0.4 is 10.1 Å². The highest BCUT2D eigenvalue weighted by Crippen LogP contribution is 2.30. The van der Waals surface area contributed by atoms with Gasteiger partial charge in [0.25, 0.3) is 5.91 Å². The van der Waals surface area contributed by atoms with Crippen LogP contribution in [0.15, 0.2) is 52.9 Å². The normalized spacial score (nSPS) is 14.7. The molecule has 4 nitrogen and oxygen atoms in total. The topological polar surface area (TPSA) is 51.5 Å². The van der Waals surface area contributed by atoms with E-state index in [0.29, 0.717) is 23.5 Å². The SMILES string of the molecule is Cc1oc2ccc(OCc3ccccc3)cc2c1C(=O)NC1CCCC1.